The highest BCUT2D eigenvalue weighted by molar-refractivity contribution is 5.40. The van der Waals surface area contributed by atoms with Gasteiger partial charge in [-0.3, -0.25) is 10.3 Å². The van der Waals surface area contributed by atoms with Gasteiger partial charge in [0.1, 0.15) is 5.82 Å². The quantitative estimate of drug-likeness (QED) is 0.793. The van der Waals surface area contributed by atoms with Crippen molar-refractivity contribution in [1.29, 1.82) is 0 Å². The van der Waals surface area contributed by atoms with Crippen molar-refractivity contribution in [3.63, 3.8) is 0 Å². The van der Waals surface area contributed by atoms with E-state index in [4.69, 9.17) is 4.84 Å². The number of hydrogen-bond acceptors (Lipinski definition) is 2. The largest absolute Gasteiger partial charge is 0.271 e. The lowest BCUT2D eigenvalue weighted by molar-refractivity contribution is 0.180. The van der Waals surface area contributed by atoms with E-state index in [1.807, 2.05) is 30.3 Å². The third kappa shape index (κ3) is 3.07. The van der Waals surface area contributed by atoms with Crippen molar-refractivity contribution >= 4 is 5.69 Å². The molecule has 0 aliphatic heterocycles. The van der Waals surface area contributed by atoms with Crippen LogP contribution in [0.1, 0.15) is 5.56 Å². The van der Waals surface area contributed by atoms with Gasteiger partial charge >= 0.3 is 0 Å². The monoisotopic (exact) mass is 217 g/mol. The molecule has 3 heteroatoms. The highest BCUT2D eigenvalue weighted by atomic mass is 19.1. The third-order valence-corrected chi connectivity index (χ3v) is 2.10. The molecule has 0 aliphatic rings. The van der Waals surface area contributed by atoms with Gasteiger partial charge in [0.15, 0.2) is 0 Å². The molecule has 2 rings (SSSR count). The van der Waals surface area contributed by atoms with Crippen LogP contribution in [-0.2, 0) is 11.4 Å². The Morgan fingerprint density at radius 2 is 1.81 bits per heavy atom. The van der Waals surface area contributed by atoms with Crippen LogP contribution in [0.5, 0.6) is 0 Å². The molecule has 0 bridgehead atoms. The van der Waals surface area contributed by atoms with Gasteiger partial charge < -0.3 is 0 Å². The number of benzene rings is 2. The van der Waals surface area contributed by atoms with E-state index in [0.717, 1.165) is 5.56 Å². The molecular weight excluding hydrogens is 205 g/mol. The minimum atomic E-state index is -0.284. The van der Waals surface area contributed by atoms with E-state index in [9.17, 15) is 4.39 Å². The second-order valence-corrected chi connectivity index (χ2v) is 3.39. The first-order valence-corrected chi connectivity index (χ1v) is 5.02. The van der Waals surface area contributed by atoms with Crippen molar-refractivity contribution in [1.82, 2.24) is 0 Å². The summed E-state index contributed by atoms with van der Waals surface area (Å²) in [5.74, 6) is -0.284. The molecule has 0 aromatic heterocycles. The summed E-state index contributed by atoms with van der Waals surface area (Å²) in [5, 5.41) is 0. The molecule has 0 fully saturated rings. The summed E-state index contributed by atoms with van der Waals surface area (Å²) in [6.45, 7) is 0.442. The van der Waals surface area contributed by atoms with Crippen molar-refractivity contribution in [3.05, 3.63) is 66.0 Å². The zero-order valence-corrected chi connectivity index (χ0v) is 8.69. The number of nitrogens with one attached hydrogen (secondary N) is 1. The van der Waals surface area contributed by atoms with Crippen LogP contribution in [0.15, 0.2) is 54.6 Å². The van der Waals surface area contributed by atoms with Crippen LogP contribution in [0, 0.1) is 5.82 Å². The Balaban J connectivity index is 1.85. The molecule has 0 radical (unpaired) electrons. The fraction of sp³-hybridized carbons (Fsp3) is 0.0769. The van der Waals surface area contributed by atoms with E-state index in [1.54, 1.807) is 12.1 Å². The summed E-state index contributed by atoms with van der Waals surface area (Å²) >= 11 is 0. The first-order chi connectivity index (χ1) is 7.84. The number of anilines is 1. The van der Waals surface area contributed by atoms with Crippen LogP contribution in [0.4, 0.5) is 10.1 Å². The van der Waals surface area contributed by atoms with Gasteiger partial charge in [0.05, 0.1) is 12.3 Å². The molecule has 2 aromatic rings. The topological polar surface area (TPSA) is 21.3 Å². The van der Waals surface area contributed by atoms with Gasteiger partial charge in [-0.2, -0.15) is 0 Å². The molecule has 0 heterocycles. The minimum Gasteiger partial charge on any atom is -0.271 e. The Morgan fingerprint density at radius 3 is 2.56 bits per heavy atom. The Labute approximate surface area is 93.6 Å². The average molecular weight is 217 g/mol. The summed E-state index contributed by atoms with van der Waals surface area (Å²) < 4.78 is 12.8. The molecule has 2 nitrogen and oxygen atoms in total. The third-order valence-electron chi connectivity index (χ3n) is 2.10. The molecule has 0 saturated heterocycles. The van der Waals surface area contributed by atoms with Crippen LogP contribution in [0.25, 0.3) is 0 Å². The second-order valence-electron chi connectivity index (χ2n) is 3.39. The van der Waals surface area contributed by atoms with Crippen molar-refractivity contribution in [2.45, 2.75) is 6.61 Å². The maximum Gasteiger partial charge on any atom is 0.125 e. The van der Waals surface area contributed by atoms with Gasteiger partial charge in [-0.25, -0.2) is 4.39 Å². The SMILES string of the molecule is Fc1cccc(NOCc2ccccc2)c1. The Morgan fingerprint density at radius 1 is 1.00 bits per heavy atom. The molecule has 0 amide bonds. The van der Waals surface area contributed by atoms with Crippen molar-refractivity contribution < 1.29 is 9.23 Å². The van der Waals surface area contributed by atoms with E-state index in [1.165, 1.54) is 12.1 Å². The highest BCUT2D eigenvalue weighted by Crippen LogP contribution is 2.09. The lowest BCUT2D eigenvalue weighted by atomic mass is 10.2. The maximum atomic E-state index is 12.8. The molecule has 0 atom stereocenters. The van der Waals surface area contributed by atoms with Gasteiger partial charge in [-0.1, -0.05) is 36.4 Å². The first-order valence-electron chi connectivity index (χ1n) is 5.02. The molecular formula is C13H12FNO. The summed E-state index contributed by atoms with van der Waals surface area (Å²) in [7, 11) is 0. The van der Waals surface area contributed by atoms with Gasteiger partial charge in [0.2, 0.25) is 0 Å². The van der Waals surface area contributed by atoms with Crippen LogP contribution in [0.2, 0.25) is 0 Å². The zero-order valence-electron chi connectivity index (χ0n) is 8.69. The summed E-state index contributed by atoms with van der Waals surface area (Å²) in [4.78, 5) is 5.24. The van der Waals surface area contributed by atoms with Gasteiger partial charge in [-0.05, 0) is 23.8 Å². The Kier molecular flexibility index (Phi) is 3.51. The highest BCUT2D eigenvalue weighted by Gasteiger charge is 1.95. The van der Waals surface area contributed by atoms with E-state index >= 15 is 0 Å². The van der Waals surface area contributed by atoms with Crippen molar-refractivity contribution in [2.24, 2.45) is 0 Å². The van der Waals surface area contributed by atoms with E-state index in [0.29, 0.717) is 12.3 Å². The first kappa shape index (κ1) is 10.6. The predicted octanol–water partition coefficient (Wildman–Crippen LogP) is 3.37. The molecule has 16 heavy (non-hydrogen) atoms. The molecule has 82 valence electrons. The fourth-order valence-electron chi connectivity index (χ4n) is 1.33. The average Bonchev–Trinajstić information content (AvgIpc) is 2.30. The molecule has 1 N–H and O–H groups in total. The Hall–Kier alpha value is -1.87. The number of hydrogen-bond donors (Lipinski definition) is 1. The van der Waals surface area contributed by atoms with Gasteiger partial charge in [0, 0.05) is 0 Å². The van der Waals surface area contributed by atoms with Gasteiger partial charge in [0.25, 0.3) is 0 Å². The van der Waals surface area contributed by atoms with Crippen LogP contribution < -0.4 is 5.48 Å². The molecule has 2 aromatic carbocycles. The predicted molar refractivity (Wildman–Crippen MR) is 61.3 cm³/mol. The molecule has 0 aliphatic carbocycles. The van der Waals surface area contributed by atoms with Crippen molar-refractivity contribution in [3.8, 4) is 0 Å². The van der Waals surface area contributed by atoms with E-state index < -0.39 is 0 Å². The summed E-state index contributed by atoms with van der Waals surface area (Å²) in [5.41, 5.74) is 4.36. The minimum absolute atomic E-state index is 0.284. The molecule has 0 unspecified atom stereocenters. The van der Waals surface area contributed by atoms with Crippen molar-refractivity contribution in [2.75, 3.05) is 5.48 Å². The lowest BCUT2D eigenvalue weighted by Gasteiger charge is -2.06. The second kappa shape index (κ2) is 5.28. The van der Waals surface area contributed by atoms with Crippen LogP contribution >= 0.6 is 0 Å². The van der Waals surface area contributed by atoms with E-state index in [2.05, 4.69) is 5.48 Å². The Bertz CT molecular complexity index is 445. The summed E-state index contributed by atoms with van der Waals surface area (Å²) in [6.07, 6.45) is 0. The molecule has 0 saturated carbocycles. The standard InChI is InChI=1S/C13H12FNO/c14-12-7-4-8-13(9-12)15-16-10-11-5-2-1-3-6-11/h1-9,15H,10H2. The van der Waals surface area contributed by atoms with E-state index in [-0.39, 0.29) is 5.82 Å². The fourth-order valence-corrected chi connectivity index (χ4v) is 1.33. The normalized spacial score (nSPS) is 10.1. The molecule has 0 spiro atoms. The summed E-state index contributed by atoms with van der Waals surface area (Å²) in [6, 6.07) is 15.9. The van der Waals surface area contributed by atoms with Crippen LogP contribution in [-0.4, -0.2) is 0 Å². The maximum absolute atomic E-state index is 12.8. The van der Waals surface area contributed by atoms with Gasteiger partial charge in [-0.15, -0.1) is 0 Å². The zero-order chi connectivity index (χ0) is 11.2. The number of halogens is 1. The number of rotatable bonds is 4. The lowest BCUT2D eigenvalue weighted by Crippen LogP contribution is -2.01. The smallest absolute Gasteiger partial charge is 0.125 e. The van der Waals surface area contributed by atoms with Crippen LogP contribution in [0.3, 0.4) is 0 Å².